The van der Waals surface area contributed by atoms with Gasteiger partial charge in [0.15, 0.2) is 0 Å². The number of carbonyl (C=O) groups excluding carboxylic acids is 3. The molecular weight excluding hydrogens is 424 g/mol. The molecule has 9 nitrogen and oxygen atoms in total. The van der Waals surface area contributed by atoms with Gasteiger partial charge in [-0.25, -0.2) is 4.79 Å². The van der Waals surface area contributed by atoms with Gasteiger partial charge in [0.1, 0.15) is 12.4 Å². The Labute approximate surface area is 196 Å². The van der Waals surface area contributed by atoms with Crippen LogP contribution >= 0.6 is 0 Å². The molecule has 0 aromatic heterocycles. The van der Waals surface area contributed by atoms with E-state index in [9.17, 15) is 14.4 Å². The Hall–Kier alpha value is -2.81. The quantitative estimate of drug-likeness (QED) is 0.701. The van der Waals surface area contributed by atoms with Crippen molar-refractivity contribution in [2.24, 2.45) is 5.92 Å². The predicted octanol–water partition coefficient (Wildman–Crippen LogP) is 2.96. The van der Waals surface area contributed by atoms with Gasteiger partial charge in [-0.15, -0.1) is 0 Å². The van der Waals surface area contributed by atoms with E-state index in [2.05, 4.69) is 10.6 Å². The van der Waals surface area contributed by atoms with Crippen LogP contribution in [0, 0.1) is 5.92 Å². The number of benzene rings is 1. The van der Waals surface area contributed by atoms with Crippen LogP contribution in [0.2, 0.25) is 0 Å². The Morgan fingerprint density at radius 2 is 1.94 bits per heavy atom. The van der Waals surface area contributed by atoms with Gasteiger partial charge in [-0.2, -0.15) is 0 Å². The zero-order valence-electron chi connectivity index (χ0n) is 20.6. The highest BCUT2D eigenvalue weighted by atomic mass is 16.5. The van der Waals surface area contributed by atoms with Crippen molar-refractivity contribution in [3.8, 4) is 5.75 Å². The molecule has 3 atom stereocenters. The molecule has 0 saturated heterocycles. The maximum atomic E-state index is 13.2. The number of urea groups is 1. The summed E-state index contributed by atoms with van der Waals surface area (Å²) in [5.74, 6) is 0.224. The molecule has 184 valence electrons. The van der Waals surface area contributed by atoms with Crippen LogP contribution in [0.15, 0.2) is 18.2 Å². The molecule has 33 heavy (non-hydrogen) atoms. The third-order valence-electron chi connectivity index (χ3n) is 5.86. The monoisotopic (exact) mass is 462 g/mol. The topological polar surface area (TPSA) is 100 Å². The van der Waals surface area contributed by atoms with E-state index in [-0.39, 0.29) is 42.5 Å². The second-order valence-corrected chi connectivity index (χ2v) is 8.59. The van der Waals surface area contributed by atoms with Gasteiger partial charge in [0.2, 0.25) is 5.91 Å². The molecule has 0 saturated carbocycles. The highest BCUT2D eigenvalue weighted by molar-refractivity contribution is 5.98. The number of ether oxygens (including phenoxy) is 2. The van der Waals surface area contributed by atoms with E-state index in [0.29, 0.717) is 43.1 Å². The lowest BCUT2D eigenvalue weighted by atomic mass is 10.0. The van der Waals surface area contributed by atoms with Crippen LogP contribution in [0.3, 0.4) is 0 Å². The van der Waals surface area contributed by atoms with E-state index in [4.69, 9.17) is 9.47 Å². The minimum Gasteiger partial charge on any atom is -0.491 e. The van der Waals surface area contributed by atoms with Crippen LogP contribution in [0.1, 0.15) is 50.9 Å². The predicted molar refractivity (Wildman–Crippen MR) is 128 cm³/mol. The average Bonchev–Trinajstić information content (AvgIpc) is 2.81. The Morgan fingerprint density at radius 3 is 2.58 bits per heavy atom. The van der Waals surface area contributed by atoms with Crippen LogP contribution in [0.5, 0.6) is 5.75 Å². The molecule has 2 N–H and O–H groups in total. The van der Waals surface area contributed by atoms with Crippen LogP contribution in [0.4, 0.5) is 10.5 Å². The number of rotatable bonds is 5. The summed E-state index contributed by atoms with van der Waals surface area (Å²) in [5, 5.41) is 5.52. The van der Waals surface area contributed by atoms with E-state index in [1.807, 2.05) is 32.6 Å². The molecule has 1 heterocycles. The molecule has 0 unspecified atom stereocenters. The smallest absolute Gasteiger partial charge is 0.319 e. The summed E-state index contributed by atoms with van der Waals surface area (Å²) in [6.45, 7) is 9.43. The summed E-state index contributed by atoms with van der Waals surface area (Å²) in [7, 11) is 3.35. The Morgan fingerprint density at radius 1 is 1.21 bits per heavy atom. The lowest BCUT2D eigenvalue weighted by Crippen LogP contribution is -2.48. The van der Waals surface area contributed by atoms with E-state index < -0.39 is 0 Å². The summed E-state index contributed by atoms with van der Waals surface area (Å²) in [6, 6.07) is 4.45. The van der Waals surface area contributed by atoms with Gasteiger partial charge in [0, 0.05) is 57.9 Å². The largest absolute Gasteiger partial charge is 0.491 e. The average molecular weight is 463 g/mol. The van der Waals surface area contributed by atoms with E-state index in [1.165, 1.54) is 0 Å². The minimum absolute atomic E-state index is 0.0234. The number of likely N-dealkylation sites (N-methyl/N-ethyl adjacent to an activating group) is 1. The number of carbonyl (C=O) groups is 3. The maximum Gasteiger partial charge on any atom is 0.319 e. The number of methoxy groups -OCH3 is 1. The number of anilines is 1. The molecule has 1 aliphatic heterocycles. The standard InChI is InChI=1S/C24H38N4O5/c1-7-11-25-24(31)26-18-9-10-19-20(12-18)33-15-17(4)28(22(29)8-2)13-16(3)21(32-6)14-27(5)23(19)30/h9-10,12,16-17,21H,7-8,11,13-15H2,1-6H3,(H2,25,26,31)/t16-,17+,21+/m1/s1. The Bertz CT molecular complexity index is 831. The Balaban J connectivity index is 2.39. The van der Waals surface area contributed by atoms with Crippen LogP contribution < -0.4 is 15.4 Å². The second-order valence-electron chi connectivity index (χ2n) is 8.59. The van der Waals surface area contributed by atoms with Gasteiger partial charge in [-0.1, -0.05) is 20.8 Å². The number of hydrogen-bond acceptors (Lipinski definition) is 5. The van der Waals surface area contributed by atoms with Gasteiger partial charge in [0.05, 0.1) is 17.7 Å². The van der Waals surface area contributed by atoms with Gasteiger partial charge in [0.25, 0.3) is 5.91 Å². The third kappa shape index (κ3) is 7.08. The summed E-state index contributed by atoms with van der Waals surface area (Å²) in [4.78, 5) is 41.4. The van der Waals surface area contributed by atoms with Crippen molar-refractivity contribution in [3.05, 3.63) is 23.8 Å². The number of amides is 4. The minimum atomic E-state index is -0.321. The highest BCUT2D eigenvalue weighted by Gasteiger charge is 2.29. The van der Waals surface area contributed by atoms with Crippen molar-refractivity contribution >= 4 is 23.5 Å². The van der Waals surface area contributed by atoms with Crippen molar-refractivity contribution in [3.63, 3.8) is 0 Å². The molecule has 0 spiro atoms. The zero-order chi connectivity index (χ0) is 24.5. The lowest BCUT2D eigenvalue weighted by molar-refractivity contribution is -0.135. The Kier molecular flexibility index (Phi) is 9.96. The maximum absolute atomic E-state index is 13.2. The molecule has 0 bridgehead atoms. The molecule has 2 rings (SSSR count). The molecule has 1 aliphatic rings. The number of fused-ring (bicyclic) bond motifs is 1. The first-order valence-electron chi connectivity index (χ1n) is 11.6. The molecule has 0 radical (unpaired) electrons. The van der Waals surface area contributed by atoms with Crippen molar-refractivity contribution in [2.75, 3.05) is 45.7 Å². The number of nitrogens with zero attached hydrogens (tertiary/aromatic N) is 2. The van der Waals surface area contributed by atoms with Gasteiger partial charge in [-0.3, -0.25) is 9.59 Å². The fourth-order valence-corrected chi connectivity index (χ4v) is 3.81. The van der Waals surface area contributed by atoms with Crippen molar-refractivity contribution < 1.29 is 23.9 Å². The first kappa shape index (κ1) is 26.4. The van der Waals surface area contributed by atoms with Gasteiger partial charge in [-0.05, 0) is 25.5 Å². The SMILES string of the molecule is CCCNC(=O)Nc1ccc2c(c1)OC[C@H](C)N(C(=O)CC)C[C@@H](C)[C@@H](OC)CN(C)C2=O. The summed E-state index contributed by atoms with van der Waals surface area (Å²) >= 11 is 0. The summed E-state index contributed by atoms with van der Waals surface area (Å²) in [5.41, 5.74) is 0.906. The number of hydrogen-bond donors (Lipinski definition) is 2. The van der Waals surface area contributed by atoms with Crippen LogP contribution in [-0.2, 0) is 9.53 Å². The first-order valence-corrected chi connectivity index (χ1v) is 11.6. The molecule has 9 heteroatoms. The molecule has 1 aromatic rings. The fraction of sp³-hybridized carbons (Fsp3) is 0.625. The van der Waals surface area contributed by atoms with E-state index in [0.717, 1.165) is 6.42 Å². The summed E-state index contributed by atoms with van der Waals surface area (Å²) < 4.78 is 11.8. The van der Waals surface area contributed by atoms with E-state index in [1.54, 1.807) is 37.3 Å². The van der Waals surface area contributed by atoms with Crippen LogP contribution in [0.25, 0.3) is 0 Å². The van der Waals surface area contributed by atoms with Gasteiger partial charge < -0.3 is 29.9 Å². The van der Waals surface area contributed by atoms with E-state index >= 15 is 0 Å². The zero-order valence-corrected chi connectivity index (χ0v) is 20.6. The molecule has 1 aromatic carbocycles. The second kappa shape index (κ2) is 12.4. The lowest BCUT2D eigenvalue weighted by Gasteiger charge is -2.36. The highest BCUT2D eigenvalue weighted by Crippen LogP contribution is 2.27. The van der Waals surface area contributed by atoms with Crippen LogP contribution in [-0.4, -0.2) is 80.2 Å². The first-order chi connectivity index (χ1) is 15.7. The normalized spacial score (nSPS) is 21.9. The summed E-state index contributed by atoms with van der Waals surface area (Å²) in [6.07, 6.45) is 0.989. The molecule has 0 fully saturated rings. The molecule has 0 aliphatic carbocycles. The van der Waals surface area contributed by atoms with Crippen molar-refractivity contribution in [1.29, 1.82) is 0 Å². The van der Waals surface area contributed by atoms with Crippen molar-refractivity contribution in [1.82, 2.24) is 15.1 Å². The molecular formula is C24H38N4O5. The number of nitrogens with one attached hydrogen (secondary N) is 2. The fourth-order valence-electron chi connectivity index (χ4n) is 3.81. The van der Waals surface area contributed by atoms with Gasteiger partial charge >= 0.3 is 6.03 Å². The third-order valence-corrected chi connectivity index (χ3v) is 5.86. The van der Waals surface area contributed by atoms with Crippen molar-refractivity contribution in [2.45, 2.75) is 52.7 Å². The molecule has 4 amide bonds.